The van der Waals surface area contributed by atoms with E-state index in [0.29, 0.717) is 0 Å². The van der Waals surface area contributed by atoms with E-state index in [1.165, 1.54) is 0 Å². The normalized spacial score (nSPS) is 16.7. The molecule has 0 aromatic rings. The number of alkyl halides is 39. The molecule has 0 aromatic heterocycles. The standard InChI is InChI=1S/C25H14F39P.HI/c26-8(27,11(32,33)14(38,39)17(44,45)20(50,51)23(56,57)58)4-1-7(65,2-5-9(28,29)12(34,35)15(40,41)18(46,47)21(52,53)24(59,60)61)3-6-10(30,31)13(36,37)16(42,43)19(48,49)22(54,55)25(62,63)64;/h1-6,65H2;1H. The molecule has 1 unspecified atom stereocenters. The molecule has 0 nitrogen and oxygen atoms in total. The van der Waals surface area contributed by atoms with E-state index in [-0.39, 0.29) is 33.2 Å². The van der Waals surface area contributed by atoms with Crippen LogP contribution >= 0.6 is 33.2 Å². The topological polar surface area (TPSA) is 0 Å². The number of hydrogen-bond acceptors (Lipinski definition) is 0. The van der Waals surface area contributed by atoms with Crippen molar-refractivity contribution in [2.24, 2.45) is 0 Å². The van der Waals surface area contributed by atoms with E-state index in [1.54, 1.807) is 0 Å². The Balaban J connectivity index is 0. The van der Waals surface area contributed by atoms with Gasteiger partial charge in [0.25, 0.3) is 0 Å². The van der Waals surface area contributed by atoms with E-state index in [2.05, 4.69) is 0 Å². The van der Waals surface area contributed by atoms with Gasteiger partial charge in [0.2, 0.25) is 0 Å². The van der Waals surface area contributed by atoms with Crippen molar-refractivity contribution in [3.05, 3.63) is 0 Å². The summed E-state index contributed by atoms with van der Waals surface area (Å²) in [5.74, 6) is -127. The van der Waals surface area contributed by atoms with Crippen LogP contribution in [0.15, 0.2) is 0 Å². The molecule has 0 saturated heterocycles. The summed E-state index contributed by atoms with van der Waals surface area (Å²) >= 11 is 0. The summed E-state index contributed by atoms with van der Waals surface area (Å²) in [6, 6.07) is 0. The van der Waals surface area contributed by atoms with Gasteiger partial charge in [0.1, 0.15) is 0 Å². The van der Waals surface area contributed by atoms with Crippen LogP contribution in [0.5, 0.6) is 0 Å². The predicted molar refractivity (Wildman–Crippen MR) is 148 cm³/mol. The first-order valence-electron chi connectivity index (χ1n) is 15.0. The maximum Gasteiger partial charge on any atom is 0.460 e. The minimum absolute atomic E-state index is 0. The average molecular weight is 1210 g/mol. The van der Waals surface area contributed by atoms with Crippen molar-refractivity contribution in [2.75, 3.05) is 0 Å². The molecule has 0 N–H and O–H groups in total. The molecular weight excluding hydrogens is 1200 g/mol. The molecule has 0 radical (unpaired) electrons. The van der Waals surface area contributed by atoms with E-state index >= 15 is 0 Å². The van der Waals surface area contributed by atoms with Gasteiger partial charge in [-0.1, -0.05) is 0 Å². The molecule has 0 fully saturated rings. The zero-order valence-electron chi connectivity index (χ0n) is 29.5. The second kappa shape index (κ2) is 17.6. The lowest BCUT2D eigenvalue weighted by atomic mass is 9.82. The van der Waals surface area contributed by atoms with Crippen molar-refractivity contribution in [2.45, 2.75) is 151 Å². The highest BCUT2D eigenvalue weighted by atomic mass is 127. The van der Waals surface area contributed by atoms with E-state index in [0.717, 1.165) is 0 Å². The van der Waals surface area contributed by atoms with Crippen LogP contribution in [-0.4, -0.2) is 113 Å². The molecule has 0 spiro atoms. The largest absolute Gasteiger partial charge is 0.460 e. The van der Waals surface area contributed by atoms with E-state index < -0.39 is 151 Å². The van der Waals surface area contributed by atoms with Gasteiger partial charge >= 0.3 is 107 Å². The lowest BCUT2D eigenvalue weighted by molar-refractivity contribution is -0.440. The molecule has 400 valence electrons. The van der Waals surface area contributed by atoms with Gasteiger partial charge in [-0.25, -0.2) is 0 Å². The predicted octanol–water partition coefficient (Wildman–Crippen LogP) is 15.8. The summed E-state index contributed by atoms with van der Waals surface area (Å²) in [5, 5.41) is -4.60. The second-order valence-corrected chi connectivity index (χ2v) is 14.6. The Morgan fingerprint density at radius 2 is 0.303 bits per heavy atom. The van der Waals surface area contributed by atoms with E-state index in [9.17, 15) is 171 Å². The molecule has 0 rings (SSSR count). The molecule has 0 bridgehead atoms. The summed E-state index contributed by atoms with van der Waals surface area (Å²) < 4.78 is 525. The Bertz CT molecular complexity index is 1460. The Labute approximate surface area is 355 Å². The number of rotatable bonds is 21. The molecule has 0 saturated carbocycles. The molecule has 0 aliphatic carbocycles. The van der Waals surface area contributed by atoms with Crippen LogP contribution in [0.3, 0.4) is 0 Å². The Hall–Kier alpha value is -1.57. The molecule has 0 aliphatic heterocycles. The highest BCUT2D eigenvalue weighted by molar-refractivity contribution is 14.0. The smallest absolute Gasteiger partial charge is 0.200 e. The fourth-order valence-electron chi connectivity index (χ4n) is 4.47. The Morgan fingerprint density at radius 1 is 0.182 bits per heavy atom. The first kappa shape index (κ1) is 66.5. The molecule has 0 heterocycles. The lowest BCUT2D eigenvalue weighted by Crippen LogP contribution is -2.70. The first-order chi connectivity index (χ1) is 27.4. The lowest BCUT2D eigenvalue weighted by Gasteiger charge is -2.42. The fraction of sp³-hybridized carbons (Fsp3) is 1.00. The fourth-order valence-corrected chi connectivity index (χ4v) is 4.90. The minimum atomic E-state index is -8.85. The van der Waals surface area contributed by atoms with Crippen LogP contribution in [0, 0.1) is 0 Å². The zero-order chi connectivity index (χ0) is 53.7. The maximum atomic E-state index is 14.4. The van der Waals surface area contributed by atoms with Crippen LogP contribution in [0.1, 0.15) is 38.5 Å². The second-order valence-electron chi connectivity index (χ2n) is 13.4. The first-order valence-corrected chi connectivity index (χ1v) is 15.6. The van der Waals surface area contributed by atoms with Gasteiger partial charge in [0.05, 0.1) is 0 Å². The van der Waals surface area contributed by atoms with Crippen LogP contribution in [0.25, 0.3) is 0 Å². The van der Waals surface area contributed by atoms with Crippen LogP contribution in [-0.2, 0) is 0 Å². The van der Waals surface area contributed by atoms with Gasteiger partial charge in [0, 0.05) is 19.3 Å². The third-order valence-corrected chi connectivity index (χ3v) is 9.67. The third kappa shape index (κ3) is 9.88. The van der Waals surface area contributed by atoms with E-state index in [4.69, 9.17) is 0 Å². The number of hydrogen-bond donors (Lipinski definition) is 0. The summed E-state index contributed by atoms with van der Waals surface area (Å²) in [5.41, 5.74) is 0. The minimum Gasteiger partial charge on any atom is -0.200 e. The number of halogens is 40. The van der Waals surface area contributed by atoms with Gasteiger partial charge in [0.15, 0.2) is 0 Å². The molecule has 0 aromatic carbocycles. The van der Waals surface area contributed by atoms with Crippen LogP contribution in [0.2, 0.25) is 0 Å². The quantitative estimate of drug-likeness (QED) is 0.0610. The molecular formula is C25H15F39IP. The van der Waals surface area contributed by atoms with Gasteiger partial charge in [-0.2, -0.15) is 171 Å². The van der Waals surface area contributed by atoms with E-state index in [1.807, 2.05) is 0 Å². The van der Waals surface area contributed by atoms with Gasteiger partial charge in [-0.15, -0.1) is 33.2 Å². The van der Waals surface area contributed by atoms with Crippen molar-refractivity contribution in [1.82, 2.24) is 0 Å². The highest BCUT2D eigenvalue weighted by Crippen LogP contribution is 2.65. The summed E-state index contributed by atoms with van der Waals surface area (Å²) in [6.45, 7) is 0. The van der Waals surface area contributed by atoms with Gasteiger partial charge in [-0.3, -0.25) is 0 Å². The summed E-state index contributed by atoms with van der Waals surface area (Å²) in [6.07, 6.45) is -46.6. The summed E-state index contributed by atoms with van der Waals surface area (Å²) in [4.78, 5) is 0. The summed E-state index contributed by atoms with van der Waals surface area (Å²) in [7, 11) is 0.0974. The van der Waals surface area contributed by atoms with Crippen LogP contribution < -0.4 is 0 Å². The molecule has 0 aliphatic rings. The van der Waals surface area contributed by atoms with Gasteiger partial charge in [-0.05, 0) is 24.4 Å². The zero-order valence-corrected chi connectivity index (χ0v) is 33.0. The van der Waals surface area contributed by atoms with Crippen molar-refractivity contribution in [3.63, 3.8) is 0 Å². The van der Waals surface area contributed by atoms with Gasteiger partial charge < -0.3 is 0 Å². The Morgan fingerprint density at radius 3 is 0.424 bits per heavy atom. The SMILES string of the molecule is FC(F)(F)C(F)(F)C(F)(F)C(F)(F)C(F)(F)C(F)(F)CCC(P)(CCC(F)(F)C(F)(F)C(F)(F)C(F)(F)C(F)(F)C(F)(F)F)CCC(F)(F)C(F)(F)C(F)(F)C(F)(F)C(F)(F)C(F)(F)F.I. The Kier molecular flexibility index (Phi) is 17.8. The van der Waals surface area contributed by atoms with Crippen molar-refractivity contribution >= 4 is 33.2 Å². The average Bonchev–Trinajstić information content (AvgIpc) is 3.06. The van der Waals surface area contributed by atoms with Crippen molar-refractivity contribution in [1.29, 1.82) is 0 Å². The molecule has 0 amide bonds. The van der Waals surface area contributed by atoms with Crippen LogP contribution in [0.4, 0.5) is 171 Å². The maximum absolute atomic E-state index is 14.4. The monoisotopic (exact) mass is 1210 g/mol. The van der Waals surface area contributed by atoms with Crippen molar-refractivity contribution in [3.8, 4) is 0 Å². The molecule has 66 heavy (non-hydrogen) atoms. The van der Waals surface area contributed by atoms with Crippen molar-refractivity contribution < 1.29 is 171 Å². The molecule has 1 atom stereocenters. The highest BCUT2D eigenvalue weighted by Gasteiger charge is 2.93. The molecule has 41 heteroatoms. The third-order valence-electron chi connectivity index (χ3n) is 8.81.